The topological polar surface area (TPSA) is 29.9 Å². The van der Waals surface area contributed by atoms with E-state index in [4.69, 9.17) is 0 Å². The monoisotopic (exact) mass is 277 g/mol. The second kappa shape index (κ2) is 6.75. The van der Waals surface area contributed by atoms with Gasteiger partial charge in [0.2, 0.25) is 0 Å². The van der Waals surface area contributed by atoms with Crippen molar-refractivity contribution < 1.29 is 0 Å². The molecule has 1 N–H and O–H groups in total. The minimum Gasteiger partial charge on any atom is -0.307 e. The van der Waals surface area contributed by atoms with E-state index in [-0.39, 0.29) is 0 Å². The first kappa shape index (κ1) is 15.6. The first-order chi connectivity index (χ1) is 9.54. The van der Waals surface area contributed by atoms with Crippen molar-refractivity contribution in [3.05, 3.63) is 17.0 Å². The normalized spacial score (nSPS) is 20.1. The van der Waals surface area contributed by atoms with Crippen LogP contribution < -0.4 is 5.32 Å². The summed E-state index contributed by atoms with van der Waals surface area (Å²) in [6.45, 7) is 12.1. The molecule has 1 fully saturated rings. The van der Waals surface area contributed by atoms with Crippen LogP contribution in [0, 0.1) is 19.8 Å². The number of nitrogens with zero attached hydrogens (tertiary/aromatic N) is 2. The molecule has 1 unspecified atom stereocenters. The lowest BCUT2D eigenvalue weighted by Gasteiger charge is -2.31. The van der Waals surface area contributed by atoms with Gasteiger partial charge in [-0.25, -0.2) is 0 Å². The van der Waals surface area contributed by atoms with Gasteiger partial charge in [-0.2, -0.15) is 5.10 Å². The van der Waals surface area contributed by atoms with Crippen molar-refractivity contribution in [2.24, 2.45) is 5.92 Å². The quantitative estimate of drug-likeness (QED) is 0.876. The molecule has 1 aliphatic rings. The molecule has 1 aromatic heterocycles. The molecule has 0 aliphatic heterocycles. The van der Waals surface area contributed by atoms with Crippen LogP contribution in [0.1, 0.15) is 75.9 Å². The molecule has 3 heteroatoms. The lowest BCUT2D eigenvalue weighted by atomic mass is 9.84. The predicted octanol–water partition coefficient (Wildman–Crippen LogP) is 4.14. The lowest BCUT2D eigenvalue weighted by Crippen LogP contribution is -2.36. The third-order valence-corrected chi connectivity index (χ3v) is 5.04. The smallest absolute Gasteiger partial charge is 0.0644 e. The Kier molecular flexibility index (Phi) is 5.25. The second-order valence-corrected chi connectivity index (χ2v) is 6.48. The van der Waals surface area contributed by atoms with Crippen molar-refractivity contribution in [2.75, 3.05) is 0 Å². The van der Waals surface area contributed by atoms with Crippen LogP contribution in [-0.2, 0) is 6.54 Å². The van der Waals surface area contributed by atoms with E-state index in [1.807, 2.05) is 0 Å². The number of hydrogen-bond donors (Lipinski definition) is 1. The third-order valence-electron chi connectivity index (χ3n) is 5.04. The molecule has 1 aromatic rings. The van der Waals surface area contributed by atoms with Gasteiger partial charge in [0.15, 0.2) is 0 Å². The van der Waals surface area contributed by atoms with Crippen molar-refractivity contribution in [3.63, 3.8) is 0 Å². The van der Waals surface area contributed by atoms with Crippen LogP contribution in [-0.4, -0.2) is 15.8 Å². The maximum absolute atomic E-state index is 4.65. The Bertz CT molecular complexity index is 430. The Hall–Kier alpha value is -0.830. The summed E-state index contributed by atoms with van der Waals surface area (Å²) in [4.78, 5) is 0. The largest absolute Gasteiger partial charge is 0.307 e. The molecule has 2 atom stereocenters. The maximum atomic E-state index is 4.65. The van der Waals surface area contributed by atoms with Crippen LogP contribution in [0.5, 0.6) is 0 Å². The van der Waals surface area contributed by atoms with Crippen molar-refractivity contribution in [1.29, 1.82) is 0 Å². The van der Waals surface area contributed by atoms with Crippen LogP contribution in [0.25, 0.3) is 0 Å². The van der Waals surface area contributed by atoms with E-state index < -0.39 is 0 Å². The molecule has 114 valence electrons. The fraction of sp³-hybridized carbons (Fsp3) is 0.824. The van der Waals surface area contributed by atoms with Crippen molar-refractivity contribution >= 4 is 0 Å². The van der Waals surface area contributed by atoms with Gasteiger partial charge < -0.3 is 5.32 Å². The zero-order valence-corrected chi connectivity index (χ0v) is 13.9. The highest BCUT2D eigenvalue weighted by molar-refractivity contribution is 5.27. The molecule has 0 spiro atoms. The Morgan fingerprint density at radius 1 is 1.20 bits per heavy atom. The summed E-state index contributed by atoms with van der Waals surface area (Å²) in [5, 5.41) is 8.48. The van der Waals surface area contributed by atoms with E-state index in [1.54, 1.807) is 0 Å². The first-order valence-corrected chi connectivity index (χ1v) is 8.34. The minimum absolute atomic E-state index is 0.396. The summed E-state index contributed by atoms with van der Waals surface area (Å²) in [7, 11) is 0. The van der Waals surface area contributed by atoms with E-state index in [9.17, 15) is 0 Å². The molecule has 3 nitrogen and oxygen atoms in total. The summed E-state index contributed by atoms with van der Waals surface area (Å²) in [6, 6.07) is 1.00. The molecule has 20 heavy (non-hydrogen) atoms. The van der Waals surface area contributed by atoms with E-state index in [0.29, 0.717) is 12.1 Å². The molecule has 0 amide bonds. The number of rotatable bonds is 5. The molecule has 0 saturated heterocycles. The van der Waals surface area contributed by atoms with E-state index in [2.05, 4.69) is 49.7 Å². The molecular weight excluding hydrogens is 246 g/mol. The second-order valence-electron chi connectivity index (χ2n) is 6.48. The van der Waals surface area contributed by atoms with Crippen molar-refractivity contribution in [3.8, 4) is 0 Å². The SMILES string of the molecule is CCn1nc(C)c(C(C)N[C@@H](C)C2CCCCC2)c1C. The molecule has 0 bridgehead atoms. The summed E-state index contributed by atoms with van der Waals surface area (Å²) in [6.07, 6.45) is 7.05. The average molecular weight is 277 g/mol. The molecule has 2 rings (SSSR count). The van der Waals surface area contributed by atoms with Crippen LogP contribution in [0.2, 0.25) is 0 Å². The molecule has 1 heterocycles. The van der Waals surface area contributed by atoms with Crippen LogP contribution in [0.4, 0.5) is 0 Å². The van der Waals surface area contributed by atoms with E-state index in [1.165, 1.54) is 49.1 Å². The molecule has 0 aromatic carbocycles. The Labute approximate surface area is 124 Å². The Balaban J connectivity index is 2.03. The average Bonchev–Trinajstić information content (AvgIpc) is 2.74. The van der Waals surface area contributed by atoms with Gasteiger partial charge in [0.05, 0.1) is 5.69 Å². The summed E-state index contributed by atoms with van der Waals surface area (Å²) >= 11 is 0. The standard InChI is InChI=1S/C17H31N3/c1-6-20-15(5)17(14(4)19-20)13(3)18-12(2)16-10-8-7-9-11-16/h12-13,16,18H,6-11H2,1-5H3/t12-,13?/m0/s1. The van der Waals surface area contributed by atoms with Gasteiger partial charge in [0, 0.05) is 29.9 Å². The Morgan fingerprint density at radius 2 is 1.85 bits per heavy atom. The maximum Gasteiger partial charge on any atom is 0.0644 e. The summed E-state index contributed by atoms with van der Waals surface area (Å²) in [5.41, 5.74) is 3.90. The van der Waals surface area contributed by atoms with E-state index >= 15 is 0 Å². The zero-order valence-electron chi connectivity index (χ0n) is 13.9. The summed E-state index contributed by atoms with van der Waals surface area (Å²) < 4.78 is 2.12. The van der Waals surface area contributed by atoms with Gasteiger partial charge in [-0.3, -0.25) is 4.68 Å². The van der Waals surface area contributed by atoms with Crippen LogP contribution in [0.3, 0.4) is 0 Å². The highest BCUT2D eigenvalue weighted by Crippen LogP contribution is 2.28. The van der Waals surface area contributed by atoms with Gasteiger partial charge in [-0.1, -0.05) is 19.3 Å². The number of aryl methyl sites for hydroxylation is 2. The van der Waals surface area contributed by atoms with Gasteiger partial charge in [-0.05, 0) is 53.4 Å². The lowest BCUT2D eigenvalue weighted by molar-refractivity contribution is 0.268. The van der Waals surface area contributed by atoms with Crippen molar-refractivity contribution in [1.82, 2.24) is 15.1 Å². The number of nitrogens with one attached hydrogen (secondary N) is 1. The Morgan fingerprint density at radius 3 is 2.40 bits per heavy atom. The predicted molar refractivity (Wildman–Crippen MR) is 85.0 cm³/mol. The highest BCUT2D eigenvalue weighted by atomic mass is 15.3. The number of hydrogen-bond acceptors (Lipinski definition) is 2. The third kappa shape index (κ3) is 3.25. The van der Waals surface area contributed by atoms with Gasteiger partial charge >= 0.3 is 0 Å². The van der Waals surface area contributed by atoms with Crippen molar-refractivity contribution in [2.45, 2.75) is 85.4 Å². The zero-order chi connectivity index (χ0) is 14.7. The molecule has 1 saturated carbocycles. The molecule has 1 aliphatic carbocycles. The minimum atomic E-state index is 0.396. The highest BCUT2D eigenvalue weighted by Gasteiger charge is 2.24. The first-order valence-electron chi connectivity index (χ1n) is 8.34. The van der Waals surface area contributed by atoms with Crippen LogP contribution in [0.15, 0.2) is 0 Å². The van der Waals surface area contributed by atoms with Crippen LogP contribution >= 0.6 is 0 Å². The van der Waals surface area contributed by atoms with Gasteiger partial charge in [0.25, 0.3) is 0 Å². The fourth-order valence-corrected chi connectivity index (χ4v) is 3.89. The van der Waals surface area contributed by atoms with Gasteiger partial charge in [0.1, 0.15) is 0 Å². The summed E-state index contributed by atoms with van der Waals surface area (Å²) in [5.74, 6) is 0.855. The fourth-order valence-electron chi connectivity index (χ4n) is 3.89. The molecular formula is C17H31N3. The van der Waals surface area contributed by atoms with E-state index in [0.717, 1.165) is 12.5 Å². The molecule has 0 radical (unpaired) electrons. The number of aromatic nitrogens is 2. The van der Waals surface area contributed by atoms with Gasteiger partial charge in [-0.15, -0.1) is 0 Å².